The minimum Gasteiger partial charge on any atom is -0.497 e. The number of methoxy groups -OCH3 is 1. The van der Waals surface area contributed by atoms with Crippen molar-refractivity contribution in [3.05, 3.63) is 77.8 Å². The lowest BCUT2D eigenvalue weighted by Crippen LogP contribution is -2.21. The number of carbonyl (C=O) groups excluding carboxylic acids is 3. The molecular weight excluding hydrogens is 472 g/mol. The van der Waals surface area contributed by atoms with Crippen LogP contribution in [0.4, 0.5) is 11.4 Å². The highest BCUT2D eigenvalue weighted by Gasteiger charge is 2.10. The molecule has 35 heavy (non-hydrogen) atoms. The number of hydrogen-bond donors (Lipinski definition) is 2. The van der Waals surface area contributed by atoms with Gasteiger partial charge in [-0.05, 0) is 73.2 Å². The van der Waals surface area contributed by atoms with Gasteiger partial charge in [-0.2, -0.15) is 0 Å². The van der Waals surface area contributed by atoms with Crippen LogP contribution in [0.2, 0.25) is 5.02 Å². The van der Waals surface area contributed by atoms with E-state index in [-0.39, 0.29) is 18.7 Å². The first kappa shape index (κ1) is 25.6. The van der Waals surface area contributed by atoms with E-state index in [9.17, 15) is 14.4 Å². The van der Waals surface area contributed by atoms with E-state index in [1.807, 2.05) is 0 Å². The lowest BCUT2D eigenvalue weighted by atomic mass is 10.2. The molecule has 0 bridgehead atoms. The molecule has 3 aromatic rings. The van der Waals surface area contributed by atoms with Crippen molar-refractivity contribution in [2.75, 3.05) is 24.4 Å². The van der Waals surface area contributed by atoms with Crippen LogP contribution in [0.1, 0.15) is 19.3 Å². The van der Waals surface area contributed by atoms with E-state index in [2.05, 4.69) is 10.6 Å². The molecule has 3 aromatic carbocycles. The van der Waals surface area contributed by atoms with Crippen LogP contribution in [0, 0.1) is 0 Å². The Balaban J connectivity index is 1.32. The molecule has 0 fully saturated rings. The average Bonchev–Trinajstić information content (AvgIpc) is 2.84. The summed E-state index contributed by atoms with van der Waals surface area (Å²) in [4.78, 5) is 35.8. The van der Waals surface area contributed by atoms with Gasteiger partial charge in [-0.1, -0.05) is 17.7 Å². The Kier molecular flexibility index (Phi) is 9.50. The van der Waals surface area contributed by atoms with Gasteiger partial charge in [-0.15, -0.1) is 0 Å². The summed E-state index contributed by atoms with van der Waals surface area (Å²) in [6.45, 7) is -0.414. The lowest BCUT2D eigenvalue weighted by molar-refractivity contribution is -0.147. The predicted octanol–water partition coefficient (Wildman–Crippen LogP) is 5.43. The van der Waals surface area contributed by atoms with Gasteiger partial charge >= 0.3 is 5.97 Å². The quantitative estimate of drug-likeness (QED) is 0.343. The summed E-state index contributed by atoms with van der Waals surface area (Å²) in [7, 11) is 1.60. The van der Waals surface area contributed by atoms with Crippen LogP contribution in [-0.4, -0.2) is 31.5 Å². The molecule has 0 saturated heterocycles. The molecule has 0 heterocycles. The largest absolute Gasteiger partial charge is 0.497 e. The first-order chi connectivity index (χ1) is 16.9. The van der Waals surface area contributed by atoms with Crippen molar-refractivity contribution >= 4 is 40.8 Å². The maximum absolute atomic E-state index is 12.1. The number of benzene rings is 3. The second kappa shape index (κ2) is 13.0. The van der Waals surface area contributed by atoms with Gasteiger partial charge in [0.25, 0.3) is 5.91 Å². The topological polar surface area (TPSA) is 103 Å². The number of nitrogens with one attached hydrogen (secondary N) is 2. The Morgan fingerprint density at radius 1 is 0.771 bits per heavy atom. The molecule has 0 saturated carbocycles. The second-order valence-electron chi connectivity index (χ2n) is 7.42. The number of anilines is 2. The van der Waals surface area contributed by atoms with Gasteiger partial charge in [0.1, 0.15) is 17.2 Å². The van der Waals surface area contributed by atoms with E-state index in [0.717, 1.165) is 5.75 Å². The van der Waals surface area contributed by atoms with E-state index in [1.165, 1.54) is 0 Å². The van der Waals surface area contributed by atoms with Crippen LogP contribution in [0.3, 0.4) is 0 Å². The average molecular weight is 497 g/mol. The van der Waals surface area contributed by atoms with Crippen molar-refractivity contribution < 1.29 is 28.6 Å². The maximum atomic E-state index is 12.1. The van der Waals surface area contributed by atoms with Crippen LogP contribution in [-0.2, 0) is 19.1 Å². The van der Waals surface area contributed by atoms with E-state index < -0.39 is 18.5 Å². The van der Waals surface area contributed by atoms with Gasteiger partial charge in [0, 0.05) is 29.2 Å². The molecule has 182 valence electrons. The summed E-state index contributed by atoms with van der Waals surface area (Å²) < 4.78 is 15.8. The first-order valence-electron chi connectivity index (χ1n) is 10.8. The summed E-state index contributed by atoms with van der Waals surface area (Å²) in [5.41, 5.74) is 1.12. The highest BCUT2D eigenvalue weighted by atomic mass is 35.5. The number of esters is 1. The van der Waals surface area contributed by atoms with Crippen molar-refractivity contribution in [2.45, 2.75) is 19.3 Å². The highest BCUT2D eigenvalue weighted by Crippen LogP contribution is 2.25. The standard InChI is InChI=1S/C26H25ClN2O6/c1-33-21-12-14-23(15-13-21)35-22-10-8-19(9-11-22)28-24(30)6-3-7-26(32)34-17-25(31)29-20-5-2-4-18(27)16-20/h2,4-5,8-16H,3,6-7,17H2,1H3,(H,28,30)(H,29,31). The lowest BCUT2D eigenvalue weighted by Gasteiger charge is -2.09. The van der Waals surface area contributed by atoms with E-state index in [1.54, 1.807) is 79.9 Å². The van der Waals surface area contributed by atoms with E-state index in [4.69, 9.17) is 25.8 Å². The molecular formula is C26H25ClN2O6. The zero-order valence-electron chi connectivity index (χ0n) is 19.1. The second-order valence-corrected chi connectivity index (χ2v) is 7.86. The fraction of sp³-hybridized carbons (Fsp3) is 0.192. The summed E-state index contributed by atoms with van der Waals surface area (Å²) in [5.74, 6) is 0.756. The SMILES string of the molecule is COc1ccc(Oc2ccc(NC(=O)CCCC(=O)OCC(=O)Nc3cccc(Cl)c3)cc2)cc1. The van der Waals surface area contributed by atoms with Gasteiger partial charge in [-0.3, -0.25) is 14.4 Å². The molecule has 9 heteroatoms. The van der Waals surface area contributed by atoms with Crippen molar-refractivity contribution in [2.24, 2.45) is 0 Å². The molecule has 0 aliphatic rings. The van der Waals surface area contributed by atoms with Crippen molar-refractivity contribution in [3.8, 4) is 17.2 Å². The molecule has 8 nitrogen and oxygen atoms in total. The monoisotopic (exact) mass is 496 g/mol. The minimum atomic E-state index is -0.556. The maximum Gasteiger partial charge on any atom is 0.306 e. The Morgan fingerprint density at radius 2 is 1.40 bits per heavy atom. The van der Waals surface area contributed by atoms with Gasteiger partial charge in [0.05, 0.1) is 7.11 Å². The number of carbonyl (C=O) groups is 3. The third-order valence-electron chi connectivity index (χ3n) is 4.69. The molecule has 0 aliphatic heterocycles. The molecule has 0 unspecified atom stereocenters. The zero-order valence-corrected chi connectivity index (χ0v) is 19.8. The zero-order chi connectivity index (χ0) is 25.0. The summed E-state index contributed by atoms with van der Waals surface area (Å²) >= 11 is 5.86. The molecule has 0 aromatic heterocycles. The van der Waals surface area contributed by atoms with Crippen LogP contribution < -0.4 is 20.1 Å². The van der Waals surface area contributed by atoms with Gasteiger partial charge < -0.3 is 24.8 Å². The molecule has 0 radical (unpaired) electrons. The Hall–Kier alpha value is -4.04. The normalized spacial score (nSPS) is 10.2. The number of rotatable bonds is 11. The first-order valence-corrected chi connectivity index (χ1v) is 11.2. The van der Waals surface area contributed by atoms with Gasteiger partial charge in [0.15, 0.2) is 6.61 Å². The summed E-state index contributed by atoms with van der Waals surface area (Å²) in [5, 5.41) is 5.83. The third-order valence-corrected chi connectivity index (χ3v) is 4.93. The molecule has 0 spiro atoms. The van der Waals surface area contributed by atoms with Gasteiger partial charge in [0.2, 0.25) is 5.91 Å². The van der Waals surface area contributed by atoms with E-state index >= 15 is 0 Å². The Bertz CT molecular complexity index is 1150. The van der Waals surface area contributed by atoms with Gasteiger partial charge in [-0.25, -0.2) is 0 Å². The molecule has 3 rings (SSSR count). The number of hydrogen-bond acceptors (Lipinski definition) is 6. The van der Waals surface area contributed by atoms with Crippen LogP contribution >= 0.6 is 11.6 Å². The van der Waals surface area contributed by atoms with Crippen LogP contribution in [0.25, 0.3) is 0 Å². The van der Waals surface area contributed by atoms with E-state index in [0.29, 0.717) is 34.3 Å². The van der Waals surface area contributed by atoms with Crippen molar-refractivity contribution in [1.82, 2.24) is 0 Å². The van der Waals surface area contributed by atoms with Crippen LogP contribution in [0.15, 0.2) is 72.8 Å². The number of amides is 2. The third kappa shape index (κ3) is 9.02. The fourth-order valence-electron chi connectivity index (χ4n) is 2.98. The fourth-order valence-corrected chi connectivity index (χ4v) is 3.17. The predicted molar refractivity (Wildman–Crippen MR) is 133 cm³/mol. The molecule has 2 N–H and O–H groups in total. The molecule has 2 amide bonds. The highest BCUT2D eigenvalue weighted by molar-refractivity contribution is 6.30. The summed E-state index contributed by atoms with van der Waals surface area (Å²) in [6, 6.07) is 20.8. The summed E-state index contributed by atoms with van der Waals surface area (Å²) in [6.07, 6.45) is 0.444. The molecule has 0 aliphatic carbocycles. The van der Waals surface area contributed by atoms with Crippen LogP contribution in [0.5, 0.6) is 17.2 Å². The smallest absolute Gasteiger partial charge is 0.306 e. The number of ether oxygens (including phenoxy) is 3. The Morgan fingerprint density at radius 3 is 2.06 bits per heavy atom. The Labute approximate surface area is 208 Å². The molecule has 0 atom stereocenters. The van der Waals surface area contributed by atoms with Crippen molar-refractivity contribution in [1.29, 1.82) is 0 Å². The number of halogens is 1. The van der Waals surface area contributed by atoms with Crippen molar-refractivity contribution in [3.63, 3.8) is 0 Å². The minimum absolute atomic E-state index is 0.0203.